The van der Waals surface area contributed by atoms with Gasteiger partial charge in [0.1, 0.15) is 6.04 Å². The van der Waals surface area contributed by atoms with Crippen molar-refractivity contribution in [3.63, 3.8) is 0 Å². The summed E-state index contributed by atoms with van der Waals surface area (Å²) in [6.07, 6.45) is -4.57. The third-order valence-electron chi connectivity index (χ3n) is 5.23. The fourth-order valence-corrected chi connectivity index (χ4v) is 3.68. The fourth-order valence-electron chi connectivity index (χ4n) is 3.68. The normalized spacial score (nSPS) is 17.9. The lowest BCUT2D eigenvalue weighted by molar-refractivity contribution is -0.137. The van der Waals surface area contributed by atoms with Crippen LogP contribution in [0.2, 0.25) is 0 Å². The molecule has 9 heteroatoms. The molecule has 3 rings (SSSR count). The van der Waals surface area contributed by atoms with Crippen LogP contribution in [0.15, 0.2) is 54.6 Å². The minimum absolute atomic E-state index is 0.177. The van der Waals surface area contributed by atoms with E-state index >= 15 is 0 Å². The SMILES string of the molecule is CNC(=O)[C@@H]1CN(Cc2ccccc2)CCN1CC(=O)Nc1ccccc1C(F)(F)F. The Kier molecular flexibility index (Phi) is 7.29. The maximum Gasteiger partial charge on any atom is 0.418 e. The zero-order valence-corrected chi connectivity index (χ0v) is 17.2. The number of para-hydroxylation sites is 1. The molecule has 0 bridgehead atoms. The number of hydrogen-bond acceptors (Lipinski definition) is 4. The molecule has 1 aliphatic rings. The van der Waals surface area contributed by atoms with E-state index in [-0.39, 0.29) is 18.1 Å². The average molecular weight is 434 g/mol. The zero-order chi connectivity index (χ0) is 22.4. The van der Waals surface area contributed by atoms with Crippen LogP contribution in [-0.2, 0) is 22.3 Å². The minimum atomic E-state index is -4.57. The van der Waals surface area contributed by atoms with Gasteiger partial charge in [0.15, 0.2) is 0 Å². The highest BCUT2D eigenvalue weighted by molar-refractivity contribution is 5.93. The van der Waals surface area contributed by atoms with Gasteiger partial charge in [-0.1, -0.05) is 42.5 Å². The lowest BCUT2D eigenvalue weighted by Crippen LogP contribution is -2.59. The van der Waals surface area contributed by atoms with Gasteiger partial charge in [-0.3, -0.25) is 19.4 Å². The molecule has 1 atom stereocenters. The number of carbonyl (C=O) groups is 2. The second kappa shape index (κ2) is 9.93. The lowest BCUT2D eigenvalue weighted by atomic mass is 10.1. The first-order valence-corrected chi connectivity index (χ1v) is 9.96. The van der Waals surface area contributed by atoms with Crippen LogP contribution in [0.5, 0.6) is 0 Å². The van der Waals surface area contributed by atoms with Crippen LogP contribution in [0.4, 0.5) is 18.9 Å². The zero-order valence-electron chi connectivity index (χ0n) is 17.2. The standard InChI is InChI=1S/C22H25F3N4O2/c1-26-21(31)19-14-28(13-16-7-3-2-4-8-16)11-12-29(19)15-20(30)27-18-10-6-5-9-17(18)22(23,24)25/h2-10,19H,11-15H2,1H3,(H,26,31)(H,27,30)/t19-/m0/s1. The molecule has 2 N–H and O–H groups in total. The number of benzene rings is 2. The van der Waals surface area contributed by atoms with Crippen LogP contribution in [0.25, 0.3) is 0 Å². The minimum Gasteiger partial charge on any atom is -0.358 e. The third kappa shape index (κ3) is 6.05. The van der Waals surface area contributed by atoms with E-state index in [0.717, 1.165) is 11.6 Å². The fraction of sp³-hybridized carbons (Fsp3) is 0.364. The Bertz CT molecular complexity index is 905. The largest absolute Gasteiger partial charge is 0.418 e. The summed E-state index contributed by atoms with van der Waals surface area (Å²) in [5, 5.41) is 4.96. The number of rotatable bonds is 6. The van der Waals surface area contributed by atoms with E-state index in [1.165, 1.54) is 25.2 Å². The monoisotopic (exact) mass is 434 g/mol. The first-order valence-electron chi connectivity index (χ1n) is 9.96. The van der Waals surface area contributed by atoms with Crippen LogP contribution in [-0.4, -0.2) is 60.9 Å². The van der Waals surface area contributed by atoms with Crippen molar-refractivity contribution in [2.75, 3.05) is 38.5 Å². The second-order valence-electron chi connectivity index (χ2n) is 7.41. The molecule has 2 amide bonds. The molecule has 1 fully saturated rings. The summed E-state index contributed by atoms with van der Waals surface area (Å²) in [4.78, 5) is 28.8. The molecule has 2 aromatic rings. The Morgan fingerprint density at radius 3 is 2.39 bits per heavy atom. The van der Waals surface area contributed by atoms with Gasteiger partial charge in [-0.25, -0.2) is 0 Å². The number of nitrogens with zero attached hydrogens (tertiary/aromatic N) is 2. The summed E-state index contributed by atoms with van der Waals surface area (Å²) in [7, 11) is 1.52. The van der Waals surface area contributed by atoms with Crippen molar-refractivity contribution < 1.29 is 22.8 Å². The van der Waals surface area contributed by atoms with Crippen LogP contribution in [0.3, 0.4) is 0 Å². The third-order valence-corrected chi connectivity index (χ3v) is 5.23. The van der Waals surface area contributed by atoms with Crippen molar-refractivity contribution in [3.05, 3.63) is 65.7 Å². The summed E-state index contributed by atoms with van der Waals surface area (Å²) in [6.45, 7) is 1.99. The second-order valence-corrected chi connectivity index (χ2v) is 7.41. The van der Waals surface area contributed by atoms with Crippen molar-refractivity contribution in [3.8, 4) is 0 Å². The van der Waals surface area contributed by atoms with Gasteiger partial charge in [0.25, 0.3) is 0 Å². The molecule has 0 saturated carbocycles. The van der Waals surface area contributed by atoms with Crippen LogP contribution in [0, 0.1) is 0 Å². The van der Waals surface area contributed by atoms with Gasteiger partial charge in [0.05, 0.1) is 17.8 Å². The Hall–Kier alpha value is -2.91. The molecule has 0 unspecified atom stereocenters. The number of amides is 2. The summed E-state index contributed by atoms with van der Waals surface area (Å²) in [6, 6.07) is 14.1. The molecule has 31 heavy (non-hydrogen) atoms. The Balaban J connectivity index is 1.66. The number of carbonyl (C=O) groups excluding carboxylic acids is 2. The molecule has 0 radical (unpaired) electrons. The highest BCUT2D eigenvalue weighted by Crippen LogP contribution is 2.34. The van der Waals surface area contributed by atoms with Crippen molar-refractivity contribution in [1.29, 1.82) is 0 Å². The average Bonchev–Trinajstić information content (AvgIpc) is 2.74. The molecule has 1 saturated heterocycles. The number of alkyl halides is 3. The van der Waals surface area contributed by atoms with E-state index < -0.39 is 23.7 Å². The molecule has 0 aliphatic carbocycles. The summed E-state index contributed by atoms with van der Waals surface area (Å²) in [5.41, 5.74) is -0.0776. The molecule has 0 aromatic heterocycles. The van der Waals surface area contributed by atoms with Gasteiger partial charge < -0.3 is 10.6 Å². The van der Waals surface area contributed by atoms with Crippen molar-refractivity contribution in [2.45, 2.75) is 18.8 Å². The van der Waals surface area contributed by atoms with Gasteiger partial charge in [0.2, 0.25) is 11.8 Å². The van der Waals surface area contributed by atoms with E-state index in [2.05, 4.69) is 15.5 Å². The van der Waals surface area contributed by atoms with E-state index in [4.69, 9.17) is 0 Å². The van der Waals surface area contributed by atoms with Crippen LogP contribution in [0.1, 0.15) is 11.1 Å². The summed E-state index contributed by atoms with van der Waals surface area (Å²) < 4.78 is 39.5. The number of halogens is 3. The van der Waals surface area contributed by atoms with E-state index in [1.54, 1.807) is 4.90 Å². The topological polar surface area (TPSA) is 64.7 Å². The molecule has 0 spiro atoms. The Labute approximate surface area is 179 Å². The highest BCUT2D eigenvalue weighted by atomic mass is 19.4. The predicted octanol–water partition coefficient (Wildman–Crippen LogP) is 2.58. The molecular formula is C22H25F3N4O2. The molecular weight excluding hydrogens is 409 g/mol. The van der Waals surface area contributed by atoms with Crippen molar-refractivity contribution in [1.82, 2.24) is 15.1 Å². The maximum atomic E-state index is 13.2. The van der Waals surface area contributed by atoms with Gasteiger partial charge >= 0.3 is 6.18 Å². The van der Waals surface area contributed by atoms with E-state index in [9.17, 15) is 22.8 Å². The quantitative estimate of drug-likeness (QED) is 0.734. The molecule has 2 aromatic carbocycles. The molecule has 1 heterocycles. The van der Waals surface area contributed by atoms with Gasteiger partial charge in [-0.2, -0.15) is 13.2 Å². The Morgan fingerprint density at radius 1 is 1.03 bits per heavy atom. The van der Waals surface area contributed by atoms with Crippen molar-refractivity contribution >= 4 is 17.5 Å². The van der Waals surface area contributed by atoms with Gasteiger partial charge in [-0.05, 0) is 17.7 Å². The molecule has 166 valence electrons. The summed E-state index contributed by atoms with van der Waals surface area (Å²) >= 11 is 0. The Morgan fingerprint density at radius 2 is 1.71 bits per heavy atom. The van der Waals surface area contributed by atoms with E-state index in [0.29, 0.717) is 26.2 Å². The number of hydrogen-bond donors (Lipinski definition) is 2. The number of anilines is 1. The number of nitrogens with one attached hydrogen (secondary N) is 2. The van der Waals surface area contributed by atoms with Crippen molar-refractivity contribution in [2.24, 2.45) is 0 Å². The predicted molar refractivity (Wildman–Crippen MR) is 111 cm³/mol. The first-order chi connectivity index (χ1) is 14.8. The first kappa shape index (κ1) is 22.8. The summed E-state index contributed by atoms with van der Waals surface area (Å²) in [5.74, 6) is -0.830. The van der Waals surface area contributed by atoms with E-state index in [1.807, 2.05) is 30.3 Å². The smallest absolute Gasteiger partial charge is 0.358 e. The molecule has 6 nitrogen and oxygen atoms in total. The van der Waals surface area contributed by atoms with Gasteiger partial charge in [-0.15, -0.1) is 0 Å². The highest BCUT2D eigenvalue weighted by Gasteiger charge is 2.35. The van der Waals surface area contributed by atoms with Crippen LogP contribution < -0.4 is 10.6 Å². The number of piperazine rings is 1. The number of likely N-dealkylation sites (N-methyl/N-ethyl adjacent to an activating group) is 1. The van der Waals surface area contributed by atoms with Crippen LogP contribution >= 0.6 is 0 Å². The lowest BCUT2D eigenvalue weighted by Gasteiger charge is -2.40. The molecule has 1 aliphatic heterocycles. The van der Waals surface area contributed by atoms with Gasteiger partial charge in [0, 0.05) is 33.2 Å². The maximum absolute atomic E-state index is 13.2.